The van der Waals surface area contributed by atoms with Gasteiger partial charge in [-0.25, -0.2) is 4.79 Å². The minimum atomic E-state index is -0.223. The molecule has 1 saturated carbocycles. The predicted octanol–water partition coefficient (Wildman–Crippen LogP) is 3.28. The lowest BCUT2D eigenvalue weighted by Crippen LogP contribution is -2.39. The van der Waals surface area contributed by atoms with Crippen LogP contribution in [0.15, 0.2) is 48.5 Å². The number of nitrogens with one attached hydrogen (secondary N) is 3. The Morgan fingerprint density at radius 1 is 1.00 bits per heavy atom. The van der Waals surface area contributed by atoms with Crippen LogP contribution < -0.4 is 16.0 Å². The molecule has 3 N–H and O–H groups in total. The summed E-state index contributed by atoms with van der Waals surface area (Å²) in [6, 6.07) is 16.0. The van der Waals surface area contributed by atoms with E-state index >= 15 is 0 Å². The van der Waals surface area contributed by atoms with Crippen molar-refractivity contribution in [2.45, 2.75) is 44.8 Å². The Morgan fingerprint density at radius 3 is 2.55 bits per heavy atom. The molecule has 1 aliphatic carbocycles. The van der Waals surface area contributed by atoms with E-state index < -0.39 is 0 Å². The van der Waals surface area contributed by atoms with Gasteiger partial charge in [-0.05, 0) is 49.4 Å². The number of rotatable bonds is 6. The molecule has 152 valence electrons. The van der Waals surface area contributed by atoms with E-state index in [2.05, 4.69) is 45.1 Å². The SMILES string of the molecule is Cc1ccc(C(=O)NC2CC2)cc1NC(=O)NC1CCN(Cc2ccccc2)C1. The first-order valence-corrected chi connectivity index (χ1v) is 10.3. The smallest absolute Gasteiger partial charge is 0.319 e. The van der Waals surface area contributed by atoms with Crippen LogP contribution in [-0.2, 0) is 6.54 Å². The zero-order valence-electron chi connectivity index (χ0n) is 16.8. The normalized spacial score (nSPS) is 19.0. The number of aryl methyl sites for hydroxylation is 1. The molecule has 1 heterocycles. The number of amides is 3. The van der Waals surface area contributed by atoms with Gasteiger partial charge in [0.1, 0.15) is 0 Å². The van der Waals surface area contributed by atoms with Gasteiger partial charge in [-0.1, -0.05) is 36.4 Å². The van der Waals surface area contributed by atoms with E-state index in [1.165, 1.54) is 5.56 Å². The van der Waals surface area contributed by atoms with Gasteiger partial charge < -0.3 is 16.0 Å². The van der Waals surface area contributed by atoms with Gasteiger partial charge in [0.25, 0.3) is 5.91 Å². The molecule has 6 heteroatoms. The molecule has 29 heavy (non-hydrogen) atoms. The molecule has 0 bridgehead atoms. The molecule has 2 aliphatic rings. The zero-order chi connectivity index (χ0) is 20.2. The molecule has 1 aliphatic heterocycles. The molecule has 3 amide bonds. The number of benzene rings is 2. The summed E-state index contributed by atoms with van der Waals surface area (Å²) >= 11 is 0. The minimum absolute atomic E-state index is 0.0803. The molecule has 0 radical (unpaired) electrons. The fourth-order valence-corrected chi connectivity index (χ4v) is 3.67. The lowest BCUT2D eigenvalue weighted by atomic mass is 10.1. The molecule has 1 atom stereocenters. The standard InChI is InChI=1S/C23H28N4O2/c1-16-7-8-18(22(28)24-19-9-10-19)13-21(16)26-23(29)25-20-11-12-27(15-20)14-17-5-3-2-4-6-17/h2-8,13,19-20H,9-12,14-15H2,1H3,(H,24,28)(H2,25,26,29). The Labute approximate surface area is 171 Å². The van der Waals surface area contributed by atoms with Crippen LogP contribution in [0.25, 0.3) is 0 Å². The third-order valence-corrected chi connectivity index (χ3v) is 5.52. The van der Waals surface area contributed by atoms with E-state index in [0.717, 1.165) is 44.5 Å². The number of urea groups is 1. The number of anilines is 1. The summed E-state index contributed by atoms with van der Waals surface area (Å²) < 4.78 is 0. The minimum Gasteiger partial charge on any atom is -0.349 e. The van der Waals surface area contributed by atoms with Crippen molar-refractivity contribution >= 4 is 17.6 Å². The molecular formula is C23H28N4O2. The molecule has 0 spiro atoms. The van der Waals surface area contributed by atoms with E-state index in [-0.39, 0.29) is 18.0 Å². The van der Waals surface area contributed by atoms with Crippen molar-refractivity contribution in [2.24, 2.45) is 0 Å². The summed E-state index contributed by atoms with van der Waals surface area (Å²) in [6.07, 6.45) is 3.03. The summed E-state index contributed by atoms with van der Waals surface area (Å²) in [4.78, 5) is 27.1. The quantitative estimate of drug-likeness (QED) is 0.706. The van der Waals surface area contributed by atoms with Gasteiger partial charge in [0.2, 0.25) is 0 Å². The first-order valence-electron chi connectivity index (χ1n) is 10.3. The monoisotopic (exact) mass is 392 g/mol. The Morgan fingerprint density at radius 2 is 1.79 bits per heavy atom. The van der Waals surface area contributed by atoms with Crippen LogP contribution >= 0.6 is 0 Å². The molecule has 4 rings (SSSR count). The van der Waals surface area contributed by atoms with Gasteiger partial charge in [0.15, 0.2) is 0 Å². The maximum absolute atomic E-state index is 12.5. The lowest BCUT2D eigenvalue weighted by Gasteiger charge is -2.17. The van der Waals surface area contributed by atoms with Crippen LogP contribution in [0, 0.1) is 6.92 Å². The molecule has 2 aromatic rings. The molecule has 2 fully saturated rings. The third kappa shape index (κ3) is 5.35. The maximum Gasteiger partial charge on any atom is 0.319 e. The number of carbonyl (C=O) groups excluding carboxylic acids is 2. The Hall–Kier alpha value is -2.86. The Balaban J connectivity index is 1.30. The van der Waals surface area contributed by atoms with Crippen LogP contribution in [0.3, 0.4) is 0 Å². The highest BCUT2D eigenvalue weighted by Gasteiger charge is 2.25. The van der Waals surface area contributed by atoms with Gasteiger partial charge in [-0.15, -0.1) is 0 Å². The van der Waals surface area contributed by atoms with Crippen LogP contribution in [0.5, 0.6) is 0 Å². The number of carbonyl (C=O) groups is 2. The van der Waals surface area contributed by atoms with Gasteiger partial charge >= 0.3 is 6.03 Å². The van der Waals surface area contributed by atoms with E-state index in [1.807, 2.05) is 19.1 Å². The van der Waals surface area contributed by atoms with Crippen LogP contribution in [0.1, 0.15) is 40.7 Å². The summed E-state index contributed by atoms with van der Waals surface area (Å²) in [6.45, 7) is 4.63. The van der Waals surface area contributed by atoms with Gasteiger partial charge in [0.05, 0.1) is 0 Å². The summed E-state index contributed by atoms with van der Waals surface area (Å²) in [7, 11) is 0. The third-order valence-electron chi connectivity index (χ3n) is 5.52. The second-order valence-electron chi connectivity index (χ2n) is 8.08. The highest BCUT2D eigenvalue weighted by Crippen LogP contribution is 2.21. The van der Waals surface area contributed by atoms with Crippen LogP contribution in [-0.4, -0.2) is 42.0 Å². The summed E-state index contributed by atoms with van der Waals surface area (Å²) in [5.74, 6) is -0.0803. The maximum atomic E-state index is 12.5. The highest BCUT2D eigenvalue weighted by atomic mass is 16.2. The van der Waals surface area contributed by atoms with Gasteiger partial charge in [0, 0.05) is 43.0 Å². The van der Waals surface area contributed by atoms with Gasteiger partial charge in [-0.3, -0.25) is 9.69 Å². The number of likely N-dealkylation sites (tertiary alicyclic amines) is 1. The van der Waals surface area contributed by atoms with Crippen molar-refractivity contribution in [3.63, 3.8) is 0 Å². The molecule has 6 nitrogen and oxygen atoms in total. The first kappa shape index (κ1) is 19.5. The van der Waals surface area contributed by atoms with Crippen molar-refractivity contribution in [3.05, 3.63) is 65.2 Å². The Bertz CT molecular complexity index is 880. The second-order valence-corrected chi connectivity index (χ2v) is 8.08. The average molecular weight is 393 g/mol. The zero-order valence-corrected chi connectivity index (χ0v) is 16.8. The Kier molecular flexibility index (Phi) is 5.81. The van der Waals surface area contributed by atoms with E-state index in [4.69, 9.17) is 0 Å². The van der Waals surface area contributed by atoms with Crippen molar-refractivity contribution in [2.75, 3.05) is 18.4 Å². The molecule has 1 unspecified atom stereocenters. The summed E-state index contributed by atoms with van der Waals surface area (Å²) in [5.41, 5.74) is 3.47. The fraction of sp³-hybridized carbons (Fsp3) is 0.391. The molecule has 0 aromatic heterocycles. The van der Waals surface area contributed by atoms with Crippen molar-refractivity contribution in [3.8, 4) is 0 Å². The van der Waals surface area contributed by atoms with Crippen molar-refractivity contribution in [1.82, 2.24) is 15.5 Å². The molecule has 2 aromatic carbocycles. The van der Waals surface area contributed by atoms with Crippen LogP contribution in [0.4, 0.5) is 10.5 Å². The van der Waals surface area contributed by atoms with Crippen molar-refractivity contribution in [1.29, 1.82) is 0 Å². The van der Waals surface area contributed by atoms with Crippen LogP contribution in [0.2, 0.25) is 0 Å². The van der Waals surface area contributed by atoms with E-state index in [1.54, 1.807) is 12.1 Å². The fourth-order valence-electron chi connectivity index (χ4n) is 3.67. The highest BCUT2D eigenvalue weighted by molar-refractivity contribution is 5.97. The second kappa shape index (κ2) is 8.66. The first-order chi connectivity index (χ1) is 14.1. The average Bonchev–Trinajstić information content (AvgIpc) is 3.42. The lowest BCUT2D eigenvalue weighted by molar-refractivity contribution is 0.0951. The molecular weight excluding hydrogens is 364 g/mol. The number of hydrogen-bond acceptors (Lipinski definition) is 3. The van der Waals surface area contributed by atoms with E-state index in [9.17, 15) is 9.59 Å². The largest absolute Gasteiger partial charge is 0.349 e. The predicted molar refractivity (Wildman–Crippen MR) is 114 cm³/mol. The summed E-state index contributed by atoms with van der Waals surface area (Å²) in [5, 5.41) is 8.97. The topological polar surface area (TPSA) is 73.5 Å². The number of hydrogen-bond donors (Lipinski definition) is 3. The van der Waals surface area contributed by atoms with E-state index in [0.29, 0.717) is 17.3 Å². The van der Waals surface area contributed by atoms with Gasteiger partial charge in [-0.2, -0.15) is 0 Å². The van der Waals surface area contributed by atoms with Crippen molar-refractivity contribution < 1.29 is 9.59 Å². The molecule has 1 saturated heterocycles. The number of nitrogens with zero attached hydrogens (tertiary/aromatic N) is 1.